The second kappa shape index (κ2) is 7.62. The van der Waals surface area contributed by atoms with Gasteiger partial charge >= 0.3 is 11.9 Å². The van der Waals surface area contributed by atoms with Crippen LogP contribution in [0.25, 0.3) is 0 Å². The molecule has 4 aliphatic rings. The van der Waals surface area contributed by atoms with Crippen molar-refractivity contribution in [3.05, 3.63) is 11.6 Å². The molecule has 1 N–H and O–H groups in total. The van der Waals surface area contributed by atoms with Crippen LogP contribution in [0.3, 0.4) is 0 Å². The van der Waals surface area contributed by atoms with Crippen LogP contribution in [0.4, 0.5) is 0 Å². The summed E-state index contributed by atoms with van der Waals surface area (Å²) >= 11 is 0. The molecule has 10 unspecified atom stereocenters. The summed E-state index contributed by atoms with van der Waals surface area (Å²) in [6, 6.07) is 0. The molecule has 8 heteroatoms. The van der Waals surface area contributed by atoms with Gasteiger partial charge in [0.2, 0.25) is 0 Å². The molecule has 0 aromatic carbocycles. The summed E-state index contributed by atoms with van der Waals surface area (Å²) < 4.78 is 23.4. The number of Topliss-reactive ketones (excluding diaryl/α,β-unsaturated/α-hetero) is 1. The Labute approximate surface area is 195 Å². The van der Waals surface area contributed by atoms with Gasteiger partial charge in [-0.1, -0.05) is 27.7 Å². The molecule has 2 saturated carbocycles. The Kier molecular flexibility index (Phi) is 5.62. The van der Waals surface area contributed by atoms with Gasteiger partial charge in [-0.05, 0) is 36.3 Å². The first-order valence-corrected chi connectivity index (χ1v) is 11.7. The van der Waals surface area contributed by atoms with E-state index in [-0.39, 0.29) is 29.0 Å². The number of carbonyl (C=O) groups is 3. The molecule has 0 aromatic heterocycles. The molecular weight excluding hydrogens is 428 g/mol. The van der Waals surface area contributed by atoms with E-state index in [9.17, 15) is 19.5 Å². The van der Waals surface area contributed by atoms with Crippen molar-refractivity contribution >= 4 is 17.7 Å². The lowest BCUT2D eigenvalue weighted by atomic mass is 9.80. The molecule has 1 saturated heterocycles. The van der Waals surface area contributed by atoms with Crippen LogP contribution in [0.2, 0.25) is 0 Å². The lowest BCUT2D eigenvalue weighted by Gasteiger charge is -2.27. The number of epoxide rings is 1. The topological polar surface area (TPSA) is 112 Å². The van der Waals surface area contributed by atoms with Gasteiger partial charge < -0.3 is 24.1 Å². The van der Waals surface area contributed by atoms with Gasteiger partial charge in [0, 0.05) is 32.8 Å². The molecule has 10 atom stereocenters. The summed E-state index contributed by atoms with van der Waals surface area (Å²) in [4.78, 5) is 38.0. The monoisotopic (exact) mass is 464 g/mol. The maximum atomic E-state index is 14.0. The molecule has 0 bridgehead atoms. The fourth-order valence-corrected chi connectivity index (χ4v) is 7.01. The number of hydrogen-bond donors (Lipinski definition) is 1. The third-order valence-corrected chi connectivity index (χ3v) is 8.58. The second-order valence-corrected chi connectivity index (χ2v) is 11.1. The van der Waals surface area contributed by atoms with Crippen molar-refractivity contribution < 1.29 is 38.4 Å². The second-order valence-electron chi connectivity index (χ2n) is 11.1. The van der Waals surface area contributed by atoms with E-state index in [0.29, 0.717) is 12.0 Å². The van der Waals surface area contributed by atoms with Crippen LogP contribution in [0.5, 0.6) is 0 Å². The van der Waals surface area contributed by atoms with E-state index in [2.05, 4.69) is 0 Å². The van der Waals surface area contributed by atoms with E-state index in [1.807, 2.05) is 20.8 Å². The highest BCUT2D eigenvalue weighted by atomic mass is 16.7. The molecule has 3 aliphatic carbocycles. The van der Waals surface area contributed by atoms with E-state index in [1.165, 1.54) is 13.8 Å². The van der Waals surface area contributed by atoms with Crippen molar-refractivity contribution in [1.29, 1.82) is 0 Å². The van der Waals surface area contributed by atoms with E-state index in [1.54, 1.807) is 27.0 Å². The molecule has 4 rings (SSSR count). The lowest BCUT2D eigenvalue weighted by molar-refractivity contribution is -0.154. The predicted octanol–water partition coefficient (Wildman–Crippen LogP) is 2.21. The predicted molar refractivity (Wildman–Crippen MR) is 117 cm³/mol. The van der Waals surface area contributed by atoms with E-state index < -0.39 is 53.5 Å². The first-order chi connectivity index (χ1) is 15.2. The minimum Gasteiger partial charge on any atom is -0.461 e. The van der Waals surface area contributed by atoms with Gasteiger partial charge in [0.05, 0.1) is 12.0 Å². The van der Waals surface area contributed by atoms with Gasteiger partial charge in [0.15, 0.2) is 17.0 Å². The van der Waals surface area contributed by atoms with Gasteiger partial charge in [0.1, 0.15) is 18.3 Å². The molecule has 3 fully saturated rings. The first-order valence-electron chi connectivity index (χ1n) is 11.7. The van der Waals surface area contributed by atoms with Crippen LogP contribution >= 0.6 is 0 Å². The zero-order valence-electron chi connectivity index (χ0n) is 20.7. The standard InChI is InChI=1S/C25H36O8/c1-11-9-25-22(32-15(5)27)12(2)10-24(25,33-25)21(29)13(3)19(31-14(4)26)16-17(23(16,6)7)20(30-8)18(11)28/h9,12-13,16-20,22,28H,10H2,1-8H3. The Morgan fingerprint density at radius 2 is 1.67 bits per heavy atom. The minimum atomic E-state index is -1.19. The average Bonchev–Trinajstić information content (AvgIpc) is 3.49. The van der Waals surface area contributed by atoms with E-state index in [0.717, 1.165) is 0 Å². The van der Waals surface area contributed by atoms with Crippen LogP contribution in [-0.4, -0.2) is 65.6 Å². The Balaban J connectivity index is 1.86. The Morgan fingerprint density at radius 3 is 2.21 bits per heavy atom. The van der Waals surface area contributed by atoms with Crippen molar-refractivity contribution in [1.82, 2.24) is 0 Å². The highest BCUT2D eigenvalue weighted by Crippen LogP contribution is 2.68. The van der Waals surface area contributed by atoms with E-state index >= 15 is 0 Å². The number of ether oxygens (including phenoxy) is 4. The summed E-state index contributed by atoms with van der Waals surface area (Å²) in [7, 11) is 1.55. The van der Waals surface area contributed by atoms with Gasteiger partial charge in [-0.25, -0.2) is 0 Å². The molecule has 1 heterocycles. The highest BCUT2D eigenvalue weighted by molar-refractivity contribution is 5.96. The summed E-state index contributed by atoms with van der Waals surface area (Å²) in [5.41, 5.74) is -2.05. The lowest BCUT2D eigenvalue weighted by Crippen LogP contribution is -2.43. The number of carbonyl (C=O) groups excluding carboxylic acids is 3. The number of fused-ring (bicyclic) bond motifs is 1. The van der Waals surface area contributed by atoms with Crippen molar-refractivity contribution in [2.75, 3.05) is 7.11 Å². The normalized spacial score (nSPS) is 47.8. The van der Waals surface area contributed by atoms with Gasteiger partial charge in [-0.2, -0.15) is 0 Å². The SMILES string of the molecule is COC1C(O)C(C)=CC23OC2(CC(C)C3OC(C)=O)C(=O)C(C)C(OC(C)=O)C2C1C2(C)C. The average molecular weight is 465 g/mol. The fourth-order valence-electron chi connectivity index (χ4n) is 7.01. The van der Waals surface area contributed by atoms with Gasteiger partial charge in [-0.3, -0.25) is 14.4 Å². The van der Waals surface area contributed by atoms with Crippen LogP contribution < -0.4 is 0 Å². The van der Waals surface area contributed by atoms with Crippen molar-refractivity contribution in [3.63, 3.8) is 0 Å². The number of hydrogen-bond acceptors (Lipinski definition) is 8. The molecule has 0 amide bonds. The van der Waals surface area contributed by atoms with Crippen molar-refractivity contribution in [2.24, 2.45) is 29.1 Å². The maximum absolute atomic E-state index is 14.0. The molecule has 1 aliphatic heterocycles. The smallest absolute Gasteiger partial charge is 0.303 e. The van der Waals surface area contributed by atoms with Gasteiger partial charge in [-0.15, -0.1) is 0 Å². The molecule has 33 heavy (non-hydrogen) atoms. The molecule has 0 aromatic rings. The number of methoxy groups -OCH3 is 1. The third-order valence-electron chi connectivity index (χ3n) is 8.58. The molecule has 0 radical (unpaired) electrons. The Hall–Kier alpha value is -1.77. The number of aliphatic hydroxyl groups excluding tert-OH is 1. The summed E-state index contributed by atoms with van der Waals surface area (Å²) in [5.74, 6) is -2.13. The number of aliphatic hydroxyl groups is 1. The molecular formula is C25H36O8. The summed E-state index contributed by atoms with van der Waals surface area (Å²) in [6.07, 6.45) is -0.717. The van der Waals surface area contributed by atoms with Crippen LogP contribution in [-0.2, 0) is 33.3 Å². The molecule has 8 nitrogen and oxygen atoms in total. The largest absolute Gasteiger partial charge is 0.461 e. The number of ketones is 1. The van der Waals surface area contributed by atoms with E-state index in [4.69, 9.17) is 18.9 Å². The Bertz CT molecular complexity index is 908. The minimum absolute atomic E-state index is 0.117. The third kappa shape index (κ3) is 3.32. The zero-order valence-corrected chi connectivity index (χ0v) is 20.7. The number of rotatable bonds is 3. The maximum Gasteiger partial charge on any atom is 0.303 e. The van der Waals surface area contributed by atoms with Crippen molar-refractivity contribution in [2.45, 2.75) is 90.5 Å². The quantitative estimate of drug-likeness (QED) is 0.384. The van der Waals surface area contributed by atoms with Crippen LogP contribution in [0.15, 0.2) is 11.6 Å². The number of esters is 2. The van der Waals surface area contributed by atoms with Gasteiger partial charge in [0.25, 0.3) is 0 Å². The van der Waals surface area contributed by atoms with Crippen molar-refractivity contribution in [3.8, 4) is 0 Å². The van der Waals surface area contributed by atoms with Crippen LogP contribution in [0, 0.1) is 29.1 Å². The Morgan fingerprint density at radius 1 is 1.09 bits per heavy atom. The first kappa shape index (κ1) is 24.4. The summed E-state index contributed by atoms with van der Waals surface area (Å²) in [6.45, 7) is 12.3. The zero-order chi connectivity index (χ0) is 24.7. The van der Waals surface area contributed by atoms with Crippen LogP contribution in [0.1, 0.15) is 54.9 Å². The summed E-state index contributed by atoms with van der Waals surface area (Å²) in [5, 5.41) is 11.3. The fraction of sp³-hybridized carbons (Fsp3) is 0.800. The highest BCUT2D eigenvalue weighted by Gasteiger charge is 2.83. The molecule has 0 spiro atoms. The molecule has 184 valence electrons.